The van der Waals surface area contributed by atoms with Crippen molar-refractivity contribution in [3.8, 4) is 0 Å². The van der Waals surface area contributed by atoms with Crippen molar-refractivity contribution < 1.29 is 13.4 Å². The molecule has 0 saturated carbocycles. The predicted molar refractivity (Wildman–Crippen MR) is 116 cm³/mol. The summed E-state index contributed by atoms with van der Waals surface area (Å²) in [5.74, 6) is -0.309. The maximum absolute atomic E-state index is 14.3. The number of benzene rings is 2. The quantitative estimate of drug-likeness (QED) is 0.751. The summed E-state index contributed by atoms with van der Waals surface area (Å²) in [6, 6.07) is 12.6. The van der Waals surface area contributed by atoms with Gasteiger partial charge in [-0.3, -0.25) is 4.79 Å². The Balaban J connectivity index is 1.96. The molecule has 1 saturated heterocycles. The van der Waals surface area contributed by atoms with E-state index in [1.807, 2.05) is 36.1 Å². The molecule has 1 fully saturated rings. The third-order valence-corrected chi connectivity index (χ3v) is 6.44. The Labute approximate surface area is 170 Å². The lowest BCUT2D eigenvalue weighted by Crippen LogP contribution is -2.27. The van der Waals surface area contributed by atoms with Crippen LogP contribution in [0.5, 0.6) is 0 Å². The number of aryl methyl sites for hydroxylation is 1. The van der Waals surface area contributed by atoms with Crippen LogP contribution in [0, 0.1) is 6.92 Å². The van der Waals surface area contributed by atoms with Gasteiger partial charge in [-0.2, -0.15) is 0 Å². The molecule has 8 heteroatoms. The molecule has 0 bridgehead atoms. The van der Waals surface area contributed by atoms with Gasteiger partial charge in [0.25, 0.3) is 5.91 Å². The van der Waals surface area contributed by atoms with Crippen molar-refractivity contribution in [2.75, 3.05) is 37.4 Å². The molecule has 0 aliphatic carbocycles. The molecule has 0 aromatic heterocycles. The number of nitrogens with zero attached hydrogens (tertiary/aromatic N) is 2. The third kappa shape index (κ3) is 4.77. The molecule has 1 heterocycles. The van der Waals surface area contributed by atoms with Crippen molar-refractivity contribution in [2.45, 2.75) is 23.6 Å². The number of carbonyl (C=O) groups is 1. The summed E-state index contributed by atoms with van der Waals surface area (Å²) >= 11 is 0. The number of alkyl halides is 1. The molecule has 1 N–H and O–H groups in total. The summed E-state index contributed by atoms with van der Waals surface area (Å²) in [6.45, 7) is 2.68. The standard InChI is InChI=1S/C20H25FN3O2PS/c1-14-4-6-15(7-5-14)22-19(25)17-12-16(28(26)23(2)3)8-9-18(17)24-11-10-20(21,27)13-24/h4-9,12H,10-11,13,27H2,1-3H3,(H,22,25). The molecule has 3 unspecified atom stereocenters. The first-order valence-corrected chi connectivity index (χ1v) is 10.7. The summed E-state index contributed by atoms with van der Waals surface area (Å²) in [5, 5.41) is 1.52. The van der Waals surface area contributed by atoms with Gasteiger partial charge in [-0.15, -0.1) is 0 Å². The molecule has 2 aromatic rings. The second-order valence-corrected chi connectivity index (χ2v) is 10.0. The van der Waals surface area contributed by atoms with Crippen molar-refractivity contribution in [3.05, 3.63) is 53.6 Å². The monoisotopic (exact) mass is 421 g/mol. The van der Waals surface area contributed by atoms with Crippen LogP contribution in [0.2, 0.25) is 0 Å². The van der Waals surface area contributed by atoms with Gasteiger partial charge in [0, 0.05) is 24.3 Å². The molecule has 5 nitrogen and oxygen atoms in total. The molecule has 2 aromatic carbocycles. The van der Waals surface area contributed by atoms with Crippen molar-refractivity contribution in [2.24, 2.45) is 0 Å². The lowest BCUT2D eigenvalue weighted by atomic mass is 10.1. The molecule has 3 atom stereocenters. The van der Waals surface area contributed by atoms with E-state index in [9.17, 15) is 13.4 Å². The molecule has 1 aliphatic rings. The van der Waals surface area contributed by atoms with E-state index >= 15 is 0 Å². The summed E-state index contributed by atoms with van der Waals surface area (Å²) in [6.07, 6.45) is 0.377. The van der Waals surface area contributed by atoms with Gasteiger partial charge in [0.05, 0.1) is 17.0 Å². The summed E-state index contributed by atoms with van der Waals surface area (Å²) < 4.78 is 28.4. The van der Waals surface area contributed by atoms with Crippen LogP contribution in [0.1, 0.15) is 22.3 Å². The first kappa shape index (κ1) is 20.9. The van der Waals surface area contributed by atoms with Crippen LogP contribution in [0.15, 0.2) is 47.4 Å². The molecule has 28 heavy (non-hydrogen) atoms. The van der Waals surface area contributed by atoms with Gasteiger partial charge < -0.3 is 10.2 Å². The highest BCUT2D eigenvalue weighted by molar-refractivity contribution is 7.82. The average molecular weight is 421 g/mol. The highest BCUT2D eigenvalue weighted by atomic mass is 32.2. The topological polar surface area (TPSA) is 52.7 Å². The Kier molecular flexibility index (Phi) is 6.18. The van der Waals surface area contributed by atoms with Gasteiger partial charge in [-0.25, -0.2) is 12.9 Å². The van der Waals surface area contributed by atoms with E-state index in [0.29, 0.717) is 34.8 Å². The molecule has 3 rings (SSSR count). The number of hydrogen-bond acceptors (Lipinski definition) is 3. The van der Waals surface area contributed by atoms with E-state index in [2.05, 4.69) is 14.6 Å². The number of nitrogens with one attached hydrogen (secondary N) is 1. The first-order valence-electron chi connectivity index (χ1n) is 9.00. The largest absolute Gasteiger partial charge is 0.367 e. The minimum Gasteiger partial charge on any atom is -0.367 e. The minimum absolute atomic E-state index is 0.193. The minimum atomic E-state index is -1.38. The molecular weight excluding hydrogens is 396 g/mol. The van der Waals surface area contributed by atoms with Gasteiger partial charge in [0.15, 0.2) is 0 Å². The zero-order valence-electron chi connectivity index (χ0n) is 16.2. The van der Waals surface area contributed by atoms with Crippen LogP contribution in [0.4, 0.5) is 15.8 Å². The van der Waals surface area contributed by atoms with E-state index in [4.69, 9.17) is 0 Å². The van der Waals surface area contributed by atoms with Crippen LogP contribution < -0.4 is 10.2 Å². The van der Waals surface area contributed by atoms with Gasteiger partial charge in [0.1, 0.15) is 16.4 Å². The fraction of sp³-hybridized carbons (Fsp3) is 0.350. The van der Waals surface area contributed by atoms with Crippen molar-refractivity contribution >= 4 is 37.5 Å². The van der Waals surface area contributed by atoms with Gasteiger partial charge in [-0.1, -0.05) is 26.9 Å². The van der Waals surface area contributed by atoms with Crippen LogP contribution in [-0.2, 0) is 11.0 Å². The first-order chi connectivity index (χ1) is 13.2. The van der Waals surface area contributed by atoms with Gasteiger partial charge in [-0.05, 0) is 51.4 Å². The second kappa shape index (κ2) is 8.27. The third-order valence-electron chi connectivity index (χ3n) is 4.65. The Bertz CT molecular complexity index is 903. The molecule has 1 amide bonds. The Morgan fingerprint density at radius 2 is 1.93 bits per heavy atom. The van der Waals surface area contributed by atoms with Crippen LogP contribution in [-0.4, -0.2) is 47.0 Å². The zero-order valence-corrected chi connectivity index (χ0v) is 18.2. The Hall–Kier alpha value is -1.82. The molecule has 1 aliphatic heterocycles. The van der Waals surface area contributed by atoms with E-state index in [1.165, 1.54) is 0 Å². The average Bonchev–Trinajstić information content (AvgIpc) is 3.02. The summed E-state index contributed by atoms with van der Waals surface area (Å²) in [4.78, 5) is 15.4. The lowest BCUT2D eigenvalue weighted by molar-refractivity contribution is 0.102. The van der Waals surface area contributed by atoms with Gasteiger partial charge >= 0.3 is 0 Å². The second-order valence-electron chi connectivity index (χ2n) is 7.27. The highest BCUT2D eigenvalue weighted by Crippen LogP contribution is 2.36. The van der Waals surface area contributed by atoms with Crippen molar-refractivity contribution in [3.63, 3.8) is 0 Å². The van der Waals surface area contributed by atoms with Crippen LogP contribution >= 0.6 is 9.24 Å². The van der Waals surface area contributed by atoms with Crippen LogP contribution in [0.3, 0.4) is 0 Å². The SMILES string of the molecule is Cc1ccc(NC(=O)c2cc(S(=O)N(C)C)ccc2N2CCC(F)(P)C2)cc1. The number of rotatable bonds is 5. The van der Waals surface area contributed by atoms with E-state index in [0.717, 1.165) is 5.56 Å². The maximum atomic E-state index is 14.3. The summed E-state index contributed by atoms with van der Waals surface area (Å²) in [7, 11) is 4.29. The van der Waals surface area contributed by atoms with Gasteiger partial charge in [0.2, 0.25) is 0 Å². The predicted octanol–water partition coefficient (Wildman–Crippen LogP) is 3.58. The Morgan fingerprint density at radius 1 is 1.25 bits per heavy atom. The number of halogens is 1. The highest BCUT2D eigenvalue weighted by Gasteiger charge is 2.35. The van der Waals surface area contributed by atoms with E-state index < -0.39 is 16.4 Å². The van der Waals surface area contributed by atoms with E-state index in [1.54, 1.807) is 36.6 Å². The zero-order chi connectivity index (χ0) is 20.5. The van der Waals surface area contributed by atoms with E-state index in [-0.39, 0.29) is 12.5 Å². The van der Waals surface area contributed by atoms with Crippen molar-refractivity contribution in [1.29, 1.82) is 0 Å². The number of anilines is 2. The fourth-order valence-electron chi connectivity index (χ4n) is 3.13. The summed E-state index contributed by atoms with van der Waals surface area (Å²) in [5.41, 5.74) is 2.80. The van der Waals surface area contributed by atoms with Crippen LogP contribution in [0.25, 0.3) is 0 Å². The normalized spacial score (nSPS) is 20.4. The molecular formula is C20H25FN3O2PS. The Morgan fingerprint density at radius 3 is 2.50 bits per heavy atom. The molecule has 150 valence electrons. The smallest absolute Gasteiger partial charge is 0.257 e. The van der Waals surface area contributed by atoms with Crippen molar-refractivity contribution in [1.82, 2.24) is 4.31 Å². The number of amides is 1. The number of hydrogen-bond donors (Lipinski definition) is 1. The molecule has 0 radical (unpaired) electrons. The fourth-order valence-corrected chi connectivity index (χ4v) is 4.30. The molecule has 0 spiro atoms. The lowest BCUT2D eigenvalue weighted by Gasteiger charge is -2.23. The number of carbonyl (C=O) groups excluding carboxylic acids is 1. The maximum Gasteiger partial charge on any atom is 0.257 e.